The number of aromatic nitrogens is 2. The molecule has 0 atom stereocenters. The number of hydrogen-bond donors (Lipinski definition) is 1. The first-order chi connectivity index (χ1) is 6.70. The van der Waals surface area contributed by atoms with Crippen LogP contribution < -0.4 is 5.73 Å². The van der Waals surface area contributed by atoms with Crippen LogP contribution in [0.1, 0.15) is 24.5 Å². The molecule has 78 valence electrons. The van der Waals surface area contributed by atoms with E-state index in [-0.39, 0.29) is 0 Å². The van der Waals surface area contributed by atoms with E-state index in [1.54, 1.807) is 0 Å². The molecular weight excluding hydrogens is 246 g/mol. The van der Waals surface area contributed by atoms with Gasteiger partial charge in [0.1, 0.15) is 4.60 Å². The number of anilines is 1. The van der Waals surface area contributed by atoms with Crippen LogP contribution in [0.4, 0.5) is 5.95 Å². The Labute approximate surface area is 91.6 Å². The fourth-order valence-electron chi connectivity index (χ4n) is 1.91. The Balaban J connectivity index is 2.29. The molecular formula is C9H14BrN3O. The number of rotatable bonds is 1. The predicted molar refractivity (Wildman–Crippen MR) is 58.1 cm³/mol. The topological polar surface area (TPSA) is 53.1 Å². The summed E-state index contributed by atoms with van der Waals surface area (Å²) in [5.74, 6) is 1.09. The summed E-state index contributed by atoms with van der Waals surface area (Å²) in [5.41, 5.74) is 6.94. The average Bonchev–Trinajstić information content (AvgIpc) is 2.43. The van der Waals surface area contributed by atoms with Crippen molar-refractivity contribution in [2.45, 2.75) is 18.8 Å². The molecule has 0 aromatic carbocycles. The first kappa shape index (κ1) is 9.98. The lowest BCUT2D eigenvalue weighted by atomic mass is 9.97. The van der Waals surface area contributed by atoms with E-state index in [1.165, 1.54) is 5.69 Å². The van der Waals surface area contributed by atoms with Crippen molar-refractivity contribution >= 4 is 21.9 Å². The van der Waals surface area contributed by atoms with Gasteiger partial charge in [-0.15, -0.1) is 0 Å². The van der Waals surface area contributed by atoms with Crippen molar-refractivity contribution in [3.05, 3.63) is 10.3 Å². The van der Waals surface area contributed by atoms with E-state index < -0.39 is 0 Å². The van der Waals surface area contributed by atoms with Crippen LogP contribution in [0.15, 0.2) is 4.60 Å². The van der Waals surface area contributed by atoms with Crippen LogP contribution in [-0.4, -0.2) is 22.8 Å². The Morgan fingerprint density at radius 1 is 1.50 bits per heavy atom. The van der Waals surface area contributed by atoms with E-state index in [9.17, 15) is 0 Å². The van der Waals surface area contributed by atoms with E-state index in [2.05, 4.69) is 20.9 Å². The first-order valence-electron chi connectivity index (χ1n) is 4.75. The Bertz CT molecular complexity index is 331. The summed E-state index contributed by atoms with van der Waals surface area (Å²) in [6.45, 7) is 1.67. The van der Waals surface area contributed by atoms with Crippen molar-refractivity contribution in [2.24, 2.45) is 7.05 Å². The quantitative estimate of drug-likeness (QED) is 0.835. The van der Waals surface area contributed by atoms with Crippen molar-refractivity contribution in [2.75, 3.05) is 18.9 Å². The third kappa shape index (κ3) is 1.66. The van der Waals surface area contributed by atoms with Crippen LogP contribution in [-0.2, 0) is 11.8 Å². The highest BCUT2D eigenvalue weighted by atomic mass is 79.9. The number of ether oxygens (including phenoxy) is 1. The number of nitrogen functional groups attached to an aromatic ring is 1. The molecule has 2 N–H and O–H groups in total. The minimum absolute atomic E-state index is 0.521. The van der Waals surface area contributed by atoms with E-state index in [4.69, 9.17) is 10.5 Å². The largest absolute Gasteiger partial charge is 0.381 e. The lowest BCUT2D eigenvalue weighted by molar-refractivity contribution is 0.0838. The summed E-state index contributed by atoms with van der Waals surface area (Å²) in [4.78, 5) is 4.20. The van der Waals surface area contributed by atoms with Crippen LogP contribution in [0.5, 0.6) is 0 Å². The lowest BCUT2D eigenvalue weighted by Gasteiger charge is -2.22. The van der Waals surface area contributed by atoms with Gasteiger partial charge in [-0.25, -0.2) is 4.98 Å². The standard InChI is InChI=1S/C9H14BrN3O/c1-13-7(8(10)12-9(13)11)6-2-4-14-5-3-6/h6H,2-5H2,1H3,(H2,11,12). The molecule has 0 amide bonds. The molecule has 1 aromatic rings. The summed E-state index contributed by atoms with van der Waals surface area (Å²) < 4.78 is 8.17. The minimum atomic E-state index is 0.521. The van der Waals surface area contributed by atoms with Gasteiger partial charge in [0, 0.05) is 26.2 Å². The van der Waals surface area contributed by atoms with E-state index >= 15 is 0 Å². The van der Waals surface area contributed by atoms with Gasteiger partial charge in [0.05, 0.1) is 5.69 Å². The van der Waals surface area contributed by atoms with Crippen LogP contribution in [0.3, 0.4) is 0 Å². The third-order valence-electron chi connectivity index (χ3n) is 2.74. The molecule has 1 saturated heterocycles. The maximum absolute atomic E-state index is 5.74. The zero-order chi connectivity index (χ0) is 10.1. The summed E-state index contributed by atoms with van der Waals surface area (Å²) in [6.07, 6.45) is 2.11. The number of nitrogens with zero attached hydrogens (tertiary/aromatic N) is 2. The normalized spacial score (nSPS) is 18.7. The number of imidazole rings is 1. The molecule has 5 heteroatoms. The molecule has 1 aromatic heterocycles. The predicted octanol–water partition coefficient (Wildman–Crippen LogP) is 1.66. The Morgan fingerprint density at radius 3 is 2.64 bits per heavy atom. The smallest absolute Gasteiger partial charge is 0.201 e. The van der Waals surface area contributed by atoms with Gasteiger partial charge in [-0.3, -0.25) is 0 Å². The lowest BCUT2D eigenvalue weighted by Crippen LogP contribution is -2.17. The van der Waals surface area contributed by atoms with Crippen molar-refractivity contribution in [3.63, 3.8) is 0 Å². The Morgan fingerprint density at radius 2 is 2.14 bits per heavy atom. The summed E-state index contributed by atoms with van der Waals surface area (Å²) >= 11 is 3.45. The average molecular weight is 260 g/mol. The molecule has 0 unspecified atom stereocenters. The molecule has 0 spiro atoms. The molecule has 0 aliphatic carbocycles. The number of halogens is 1. The highest BCUT2D eigenvalue weighted by Gasteiger charge is 2.23. The molecule has 1 fully saturated rings. The summed E-state index contributed by atoms with van der Waals surface area (Å²) in [6, 6.07) is 0. The van der Waals surface area contributed by atoms with E-state index in [0.29, 0.717) is 11.9 Å². The monoisotopic (exact) mass is 259 g/mol. The molecule has 2 heterocycles. The molecule has 4 nitrogen and oxygen atoms in total. The Kier molecular flexibility index (Phi) is 2.78. The highest BCUT2D eigenvalue weighted by Crippen LogP contribution is 2.32. The van der Waals surface area contributed by atoms with Gasteiger partial charge in [0.15, 0.2) is 0 Å². The zero-order valence-electron chi connectivity index (χ0n) is 8.16. The second kappa shape index (κ2) is 3.90. The van der Waals surface area contributed by atoms with Crippen LogP contribution in [0, 0.1) is 0 Å². The maximum atomic E-state index is 5.74. The minimum Gasteiger partial charge on any atom is -0.381 e. The summed E-state index contributed by atoms with van der Waals surface area (Å²) in [5, 5.41) is 0. The number of nitrogens with two attached hydrogens (primary N) is 1. The maximum Gasteiger partial charge on any atom is 0.201 e. The van der Waals surface area contributed by atoms with Gasteiger partial charge in [-0.2, -0.15) is 0 Å². The highest BCUT2D eigenvalue weighted by molar-refractivity contribution is 9.10. The van der Waals surface area contributed by atoms with Gasteiger partial charge in [0.2, 0.25) is 5.95 Å². The molecule has 1 aliphatic rings. The molecule has 2 rings (SSSR count). The van der Waals surface area contributed by atoms with Crippen LogP contribution in [0.25, 0.3) is 0 Å². The van der Waals surface area contributed by atoms with Gasteiger partial charge in [-0.05, 0) is 28.8 Å². The molecule has 0 saturated carbocycles. The van der Waals surface area contributed by atoms with Gasteiger partial charge in [0.25, 0.3) is 0 Å². The van der Waals surface area contributed by atoms with E-state index in [0.717, 1.165) is 30.7 Å². The number of hydrogen-bond acceptors (Lipinski definition) is 3. The van der Waals surface area contributed by atoms with Gasteiger partial charge >= 0.3 is 0 Å². The van der Waals surface area contributed by atoms with Crippen molar-refractivity contribution in [1.29, 1.82) is 0 Å². The third-order valence-corrected chi connectivity index (χ3v) is 3.32. The van der Waals surface area contributed by atoms with Crippen molar-refractivity contribution < 1.29 is 4.74 Å². The molecule has 14 heavy (non-hydrogen) atoms. The second-order valence-electron chi connectivity index (χ2n) is 3.59. The van der Waals surface area contributed by atoms with Crippen molar-refractivity contribution in [1.82, 2.24) is 9.55 Å². The SMILES string of the molecule is Cn1c(N)nc(Br)c1C1CCOCC1. The molecule has 0 radical (unpaired) electrons. The van der Waals surface area contributed by atoms with Gasteiger partial charge < -0.3 is 15.0 Å². The van der Waals surface area contributed by atoms with Crippen LogP contribution >= 0.6 is 15.9 Å². The second-order valence-corrected chi connectivity index (χ2v) is 4.34. The first-order valence-corrected chi connectivity index (χ1v) is 5.54. The Hall–Kier alpha value is -0.550. The van der Waals surface area contributed by atoms with E-state index in [1.807, 2.05) is 11.6 Å². The summed E-state index contributed by atoms with van der Waals surface area (Å²) in [7, 11) is 1.96. The fraction of sp³-hybridized carbons (Fsp3) is 0.667. The molecule has 1 aliphatic heterocycles. The van der Waals surface area contributed by atoms with Crippen molar-refractivity contribution in [3.8, 4) is 0 Å². The fourth-order valence-corrected chi connectivity index (χ4v) is 2.68. The zero-order valence-corrected chi connectivity index (χ0v) is 9.75. The van der Waals surface area contributed by atoms with Gasteiger partial charge in [-0.1, -0.05) is 0 Å². The molecule has 0 bridgehead atoms. The van der Waals surface area contributed by atoms with Crippen LogP contribution in [0.2, 0.25) is 0 Å².